The molecule has 2 aliphatic rings. The van der Waals surface area contributed by atoms with E-state index in [1.165, 1.54) is 76.3 Å². The van der Waals surface area contributed by atoms with Crippen molar-refractivity contribution in [2.75, 3.05) is 46.3 Å². The minimum Gasteiger partial charge on any atom is -0.334 e. The number of nitrogens with zero attached hydrogens (tertiary/aromatic N) is 5. The van der Waals surface area contributed by atoms with Crippen molar-refractivity contribution in [2.45, 2.75) is 59.2 Å². The van der Waals surface area contributed by atoms with Gasteiger partial charge in [-0.05, 0) is 75.8 Å². The Morgan fingerprint density at radius 1 is 0.969 bits per heavy atom. The van der Waals surface area contributed by atoms with Crippen molar-refractivity contribution in [2.24, 2.45) is 11.3 Å². The quantitative estimate of drug-likeness (QED) is 0.552. The van der Waals surface area contributed by atoms with Gasteiger partial charge in [-0.15, -0.1) is 0 Å². The molecule has 176 valence electrons. The summed E-state index contributed by atoms with van der Waals surface area (Å²) >= 11 is 0. The number of piperidine rings is 1. The van der Waals surface area contributed by atoms with Gasteiger partial charge in [0.05, 0.1) is 6.54 Å². The molecule has 5 nitrogen and oxygen atoms in total. The Balaban J connectivity index is 1.19. The Kier molecular flexibility index (Phi) is 8.03. The van der Waals surface area contributed by atoms with Crippen LogP contribution in [0.2, 0.25) is 0 Å². The monoisotopic (exact) mass is 437 g/mol. The summed E-state index contributed by atoms with van der Waals surface area (Å²) in [5.74, 6) is 1.97. The third kappa shape index (κ3) is 6.43. The van der Waals surface area contributed by atoms with Crippen molar-refractivity contribution in [3.63, 3.8) is 0 Å². The van der Waals surface area contributed by atoms with E-state index in [1.54, 1.807) is 0 Å². The van der Waals surface area contributed by atoms with Crippen LogP contribution in [0.15, 0.2) is 42.7 Å². The average molecular weight is 438 g/mol. The number of aryl methyl sites for hydroxylation is 1. The molecule has 2 fully saturated rings. The molecule has 32 heavy (non-hydrogen) atoms. The molecule has 3 heterocycles. The van der Waals surface area contributed by atoms with E-state index in [2.05, 4.69) is 81.7 Å². The Morgan fingerprint density at radius 2 is 1.69 bits per heavy atom. The van der Waals surface area contributed by atoms with Crippen LogP contribution in [-0.4, -0.2) is 70.6 Å². The third-order valence-corrected chi connectivity index (χ3v) is 7.44. The van der Waals surface area contributed by atoms with E-state index in [-0.39, 0.29) is 0 Å². The highest BCUT2D eigenvalue weighted by Gasteiger charge is 2.40. The van der Waals surface area contributed by atoms with Crippen molar-refractivity contribution in [3.05, 3.63) is 54.1 Å². The van der Waals surface area contributed by atoms with Crippen LogP contribution in [0.4, 0.5) is 0 Å². The maximum Gasteiger partial charge on any atom is 0.122 e. The second-order valence-electron chi connectivity index (χ2n) is 10.8. The lowest BCUT2D eigenvalue weighted by Gasteiger charge is -2.40. The lowest BCUT2D eigenvalue weighted by molar-refractivity contribution is 0.0989. The van der Waals surface area contributed by atoms with Crippen LogP contribution < -0.4 is 0 Å². The van der Waals surface area contributed by atoms with E-state index in [0.717, 1.165) is 25.6 Å². The first kappa shape index (κ1) is 23.5. The van der Waals surface area contributed by atoms with Crippen LogP contribution >= 0.6 is 0 Å². The predicted octanol–water partition coefficient (Wildman–Crippen LogP) is 4.35. The van der Waals surface area contributed by atoms with E-state index in [4.69, 9.17) is 0 Å². The van der Waals surface area contributed by atoms with Gasteiger partial charge in [0.1, 0.15) is 5.82 Å². The molecule has 0 saturated carbocycles. The molecule has 4 rings (SSSR count). The largest absolute Gasteiger partial charge is 0.334 e. The molecule has 1 aromatic heterocycles. The summed E-state index contributed by atoms with van der Waals surface area (Å²) in [5.41, 5.74) is 1.96. The molecule has 0 N–H and O–H groups in total. The van der Waals surface area contributed by atoms with E-state index < -0.39 is 0 Å². The zero-order chi connectivity index (χ0) is 22.4. The first-order valence-electron chi connectivity index (χ1n) is 12.7. The lowest BCUT2D eigenvalue weighted by Crippen LogP contribution is -2.42. The molecular weight excluding hydrogens is 394 g/mol. The molecule has 2 aliphatic heterocycles. The molecule has 1 spiro atoms. The van der Waals surface area contributed by atoms with Gasteiger partial charge in [-0.25, -0.2) is 4.98 Å². The minimum atomic E-state index is 0.605. The minimum absolute atomic E-state index is 0.605. The number of benzene rings is 1. The molecule has 2 aromatic rings. The van der Waals surface area contributed by atoms with Crippen LogP contribution in [0.25, 0.3) is 0 Å². The van der Waals surface area contributed by atoms with Crippen LogP contribution in [0.3, 0.4) is 0 Å². The molecule has 0 atom stereocenters. The SMILES string of the molecule is CC(C)CN1CCC2(CC1)CCN(CCCn1ccnc1CN(C)Cc1ccccc1)C2. The smallest absolute Gasteiger partial charge is 0.122 e. The number of hydrogen-bond acceptors (Lipinski definition) is 4. The van der Waals surface area contributed by atoms with Crippen LogP contribution in [-0.2, 0) is 19.6 Å². The summed E-state index contributed by atoms with van der Waals surface area (Å²) in [5, 5.41) is 0. The van der Waals surface area contributed by atoms with Gasteiger partial charge in [0.15, 0.2) is 0 Å². The summed E-state index contributed by atoms with van der Waals surface area (Å²) in [6, 6.07) is 10.7. The van der Waals surface area contributed by atoms with E-state index in [0.29, 0.717) is 5.41 Å². The Hall–Kier alpha value is -1.69. The lowest BCUT2D eigenvalue weighted by atomic mass is 9.77. The number of rotatable bonds is 10. The molecule has 2 saturated heterocycles. The van der Waals surface area contributed by atoms with Crippen molar-refractivity contribution in [3.8, 4) is 0 Å². The molecule has 0 amide bonds. The first-order chi connectivity index (χ1) is 15.5. The van der Waals surface area contributed by atoms with Crippen LogP contribution in [0, 0.1) is 11.3 Å². The highest BCUT2D eigenvalue weighted by molar-refractivity contribution is 5.14. The van der Waals surface area contributed by atoms with Gasteiger partial charge in [0.25, 0.3) is 0 Å². The first-order valence-corrected chi connectivity index (χ1v) is 12.7. The Bertz CT molecular complexity index is 806. The molecule has 1 aromatic carbocycles. The van der Waals surface area contributed by atoms with Gasteiger partial charge in [-0.2, -0.15) is 0 Å². The van der Waals surface area contributed by atoms with Gasteiger partial charge in [-0.1, -0.05) is 44.2 Å². The zero-order valence-corrected chi connectivity index (χ0v) is 20.5. The van der Waals surface area contributed by atoms with Gasteiger partial charge in [0, 0.05) is 38.6 Å². The summed E-state index contributed by atoms with van der Waals surface area (Å²) in [4.78, 5) is 12.4. The van der Waals surface area contributed by atoms with Crippen LogP contribution in [0.1, 0.15) is 50.9 Å². The third-order valence-electron chi connectivity index (χ3n) is 7.44. The molecule has 5 heteroatoms. The summed E-state index contributed by atoms with van der Waals surface area (Å²) in [6.45, 7) is 15.3. The molecule has 0 unspecified atom stereocenters. The number of hydrogen-bond donors (Lipinski definition) is 0. The number of aromatic nitrogens is 2. The van der Waals surface area contributed by atoms with Gasteiger partial charge >= 0.3 is 0 Å². The second-order valence-corrected chi connectivity index (χ2v) is 10.8. The highest BCUT2D eigenvalue weighted by atomic mass is 15.2. The fourth-order valence-electron chi connectivity index (χ4n) is 5.71. The van der Waals surface area contributed by atoms with E-state index in [1.807, 2.05) is 6.20 Å². The van der Waals surface area contributed by atoms with Crippen molar-refractivity contribution < 1.29 is 0 Å². The zero-order valence-electron chi connectivity index (χ0n) is 20.5. The fourth-order valence-corrected chi connectivity index (χ4v) is 5.71. The normalized spacial score (nSPS) is 19.5. The van der Waals surface area contributed by atoms with Crippen molar-refractivity contribution in [1.29, 1.82) is 0 Å². The molecule has 0 bridgehead atoms. The van der Waals surface area contributed by atoms with Gasteiger partial charge in [-0.3, -0.25) is 4.90 Å². The Morgan fingerprint density at radius 3 is 2.41 bits per heavy atom. The Labute approximate surface area is 195 Å². The maximum absolute atomic E-state index is 4.65. The van der Waals surface area contributed by atoms with Crippen LogP contribution in [0.5, 0.6) is 0 Å². The average Bonchev–Trinajstić information content (AvgIpc) is 3.37. The molecule has 0 aliphatic carbocycles. The molecule has 0 radical (unpaired) electrons. The summed E-state index contributed by atoms with van der Waals surface area (Å²) in [6.07, 6.45) is 9.53. The second kappa shape index (κ2) is 11.0. The highest BCUT2D eigenvalue weighted by Crippen LogP contribution is 2.40. The van der Waals surface area contributed by atoms with Gasteiger partial charge in [0.2, 0.25) is 0 Å². The standard InChI is InChI=1S/C27H43N5/c1-24(2)20-30-16-10-27(11-17-30)12-18-31(23-27)14-7-15-32-19-13-28-26(32)22-29(3)21-25-8-5-4-6-9-25/h4-6,8-9,13,19,24H,7,10-12,14-18,20-23H2,1-3H3. The predicted molar refractivity (Wildman–Crippen MR) is 132 cm³/mol. The molecular formula is C27H43N5. The van der Waals surface area contributed by atoms with E-state index in [9.17, 15) is 0 Å². The number of likely N-dealkylation sites (tertiary alicyclic amines) is 2. The van der Waals surface area contributed by atoms with Crippen molar-refractivity contribution >= 4 is 0 Å². The number of imidazole rings is 1. The summed E-state index contributed by atoms with van der Waals surface area (Å²) in [7, 11) is 2.18. The van der Waals surface area contributed by atoms with E-state index >= 15 is 0 Å². The fraction of sp³-hybridized carbons (Fsp3) is 0.667. The summed E-state index contributed by atoms with van der Waals surface area (Å²) < 4.78 is 2.36. The maximum atomic E-state index is 4.65. The van der Waals surface area contributed by atoms with Gasteiger partial charge < -0.3 is 14.4 Å². The van der Waals surface area contributed by atoms with Crippen molar-refractivity contribution in [1.82, 2.24) is 24.3 Å². The topological polar surface area (TPSA) is 27.5 Å².